The molecule has 0 fully saturated rings. The van der Waals surface area contributed by atoms with E-state index in [9.17, 15) is 9.90 Å². The molecule has 0 aromatic carbocycles. The molecule has 0 aliphatic carbocycles. The van der Waals surface area contributed by atoms with E-state index in [4.69, 9.17) is 14.9 Å². The fraction of sp³-hybridized carbons (Fsp3) is 0.917. The molecule has 18 heavy (non-hydrogen) atoms. The lowest BCUT2D eigenvalue weighted by Crippen LogP contribution is -2.50. The molecule has 0 saturated heterocycles. The van der Waals surface area contributed by atoms with Crippen LogP contribution in [0, 0.1) is 0 Å². The van der Waals surface area contributed by atoms with Crippen LogP contribution < -0.4 is 0 Å². The van der Waals surface area contributed by atoms with E-state index in [0.717, 1.165) is 25.7 Å². The Morgan fingerprint density at radius 2 is 1.94 bits per heavy atom. The second-order valence-corrected chi connectivity index (χ2v) is 4.14. The van der Waals surface area contributed by atoms with E-state index in [1.807, 2.05) is 0 Å². The van der Waals surface area contributed by atoms with Crippen molar-refractivity contribution in [2.75, 3.05) is 13.2 Å². The Kier molecular flexibility index (Phi) is 8.70. The van der Waals surface area contributed by atoms with Crippen LogP contribution in [0.5, 0.6) is 0 Å². The number of rotatable bonds is 10. The summed E-state index contributed by atoms with van der Waals surface area (Å²) in [4.78, 5) is 10.6. The molecule has 0 aromatic rings. The summed E-state index contributed by atoms with van der Waals surface area (Å²) in [5.41, 5.74) is 0. The number of unbranched alkanes of at least 4 members (excludes halogenated alkanes) is 3. The minimum absolute atomic E-state index is 0.134. The van der Waals surface area contributed by atoms with Gasteiger partial charge in [0.2, 0.25) is 5.79 Å². The van der Waals surface area contributed by atoms with Crippen molar-refractivity contribution >= 4 is 6.16 Å². The van der Waals surface area contributed by atoms with Gasteiger partial charge in [0, 0.05) is 6.42 Å². The molecule has 0 spiro atoms. The van der Waals surface area contributed by atoms with Crippen molar-refractivity contribution in [3.05, 3.63) is 0 Å². The lowest BCUT2D eigenvalue weighted by molar-refractivity contribution is -0.267. The summed E-state index contributed by atoms with van der Waals surface area (Å²) in [6.07, 6.45) is 1.11. The molecule has 3 N–H and O–H groups in total. The predicted octanol–water partition coefficient (Wildman–Crippen LogP) is 1.74. The van der Waals surface area contributed by atoms with Crippen LogP contribution in [-0.2, 0) is 9.47 Å². The number of carbonyl (C=O) groups is 1. The minimum atomic E-state index is -1.67. The summed E-state index contributed by atoms with van der Waals surface area (Å²) < 4.78 is 10.0. The van der Waals surface area contributed by atoms with Crippen LogP contribution in [0.3, 0.4) is 0 Å². The molecule has 6 nitrogen and oxygen atoms in total. The van der Waals surface area contributed by atoms with Crippen molar-refractivity contribution in [2.24, 2.45) is 0 Å². The van der Waals surface area contributed by atoms with E-state index in [1.54, 1.807) is 6.92 Å². The molecule has 108 valence electrons. The molecule has 0 aliphatic heterocycles. The highest BCUT2D eigenvalue weighted by Crippen LogP contribution is 2.23. The molecular formula is C12H24O6. The molecule has 0 radical (unpaired) electrons. The summed E-state index contributed by atoms with van der Waals surface area (Å²) >= 11 is 0. The van der Waals surface area contributed by atoms with E-state index in [1.165, 1.54) is 0 Å². The smallest absolute Gasteiger partial charge is 0.450 e. The van der Waals surface area contributed by atoms with Gasteiger partial charge in [-0.25, -0.2) is 4.79 Å². The maximum atomic E-state index is 10.6. The first-order chi connectivity index (χ1) is 8.52. The van der Waals surface area contributed by atoms with Crippen LogP contribution >= 0.6 is 0 Å². The third-order valence-corrected chi connectivity index (χ3v) is 2.78. The normalized spacial score (nSPS) is 16.0. The quantitative estimate of drug-likeness (QED) is 0.316. The van der Waals surface area contributed by atoms with Gasteiger partial charge in [0.1, 0.15) is 6.10 Å². The highest BCUT2D eigenvalue weighted by molar-refractivity contribution is 5.57. The van der Waals surface area contributed by atoms with Crippen LogP contribution in [0.1, 0.15) is 46.0 Å². The zero-order valence-corrected chi connectivity index (χ0v) is 11.1. The van der Waals surface area contributed by atoms with Crippen molar-refractivity contribution in [3.63, 3.8) is 0 Å². The number of ether oxygens (including phenoxy) is 2. The molecular weight excluding hydrogens is 240 g/mol. The molecule has 2 unspecified atom stereocenters. The number of aliphatic hydroxyl groups is 2. The molecule has 2 atom stereocenters. The van der Waals surface area contributed by atoms with Crippen molar-refractivity contribution in [2.45, 2.75) is 57.8 Å². The number of aliphatic hydroxyl groups excluding tert-OH is 2. The SMILES string of the molecule is CCCCCCOC(CC)(OC(=O)O)C(O)CO. The molecule has 0 heterocycles. The number of carboxylic acid groups (broad SMARTS) is 1. The van der Waals surface area contributed by atoms with Crippen molar-refractivity contribution in [3.8, 4) is 0 Å². The summed E-state index contributed by atoms with van der Waals surface area (Å²) in [6.45, 7) is 3.39. The van der Waals surface area contributed by atoms with Gasteiger partial charge in [0.25, 0.3) is 0 Å². The second kappa shape index (κ2) is 9.13. The third-order valence-electron chi connectivity index (χ3n) is 2.78. The topological polar surface area (TPSA) is 96.2 Å². The highest BCUT2D eigenvalue weighted by atomic mass is 16.8. The zero-order chi connectivity index (χ0) is 14.0. The molecule has 0 rings (SSSR count). The molecule has 0 aliphatic rings. The van der Waals surface area contributed by atoms with Gasteiger partial charge in [0.05, 0.1) is 13.2 Å². The van der Waals surface area contributed by atoms with Crippen LogP contribution in [0.25, 0.3) is 0 Å². The maximum Gasteiger partial charge on any atom is 0.508 e. The molecule has 6 heteroatoms. The van der Waals surface area contributed by atoms with Gasteiger partial charge in [-0.3, -0.25) is 0 Å². The molecule has 0 saturated carbocycles. The predicted molar refractivity (Wildman–Crippen MR) is 65.3 cm³/mol. The first-order valence-electron chi connectivity index (χ1n) is 6.37. The number of hydrogen-bond acceptors (Lipinski definition) is 5. The first kappa shape index (κ1) is 17.2. The molecule has 0 bridgehead atoms. The van der Waals surface area contributed by atoms with E-state index < -0.39 is 24.7 Å². The lowest BCUT2D eigenvalue weighted by atomic mass is 10.1. The second-order valence-electron chi connectivity index (χ2n) is 4.14. The largest absolute Gasteiger partial charge is 0.508 e. The Labute approximate surface area is 108 Å². The van der Waals surface area contributed by atoms with E-state index in [-0.39, 0.29) is 13.0 Å². The van der Waals surface area contributed by atoms with Crippen LogP contribution in [0.15, 0.2) is 0 Å². The Hall–Kier alpha value is -0.850. The maximum absolute atomic E-state index is 10.6. The number of hydrogen-bond donors (Lipinski definition) is 3. The summed E-state index contributed by atoms with van der Waals surface area (Å²) in [6, 6.07) is 0. The van der Waals surface area contributed by atoms with E-state index in [2.05, 4.69) is 11.7 Å². The Bertz CT molecular complexity index is 233. The zero-order valence-electron chi connectivity index (χ0n) is 11.1. The van der Waals surface area contributed by atoms with Gasteiger partial charge < -0.3 is 24.8 Å². The Morgan fingerprint density at radius 1 is 1.28 bits per heavy atom. The lowest BCUT2D eigenvalue weighted by Gasteiger charge is -2.34. The van der Waals surface area contributed by atoms with E-state index >= 15 is 0 Å². The average molecular weight is 264 g/mol. The van der Waals surface area contributed by atoms with Crippen molar-refractivity contribution < 1.29 is 29.6 Å². The van der Waals surface area contributed by atoms with Gasteiger partial charge in [-0.2, -0.15) is 0 Å². The van der Waals surface area contributed by atoms with Gasteiger partial charge in [0.15, 0.2) is 0 Å². The molecule has 0 aromatic heterocycles. The Morgan fingerprint density at radius 3 is 2.39 bits per heavy atom. The minimum Gasteiger partial charge on any atom is -0.450 e. The van der Waals surface area contributed by atoms with Crippen LogP contribution in [-0.4, -0.2) is 46.6 Å². The summed E-state index contributed by atoms with van der Waals surface area (Å²) in [7, 11) is 0. The standard InChI is InChI=1S/C12H24O6/c1-3-5-6-7-8-17-12(4-2,10(14)9-13)18-11(15)16/h10,13-14H,3-9H2,1-2H3,(H,15,16). The van der Waals surface area contributed by atoms with E-state index in [0.29, 0.717) is 0 Å². The van der Waals surface area contributed by atoms with Crippen LogP contribution in [0.4, 0.5) is 4.79 Å². The summed E-state index contributed by atoms with van der Waals surface area (Å²) in [5.74, 6) is -1.67. The average Bonchev–Trinajstić information content (AvgIpc) is 2.35. The van der Waals surface area contributed by atoms with Gasteiger partial charge in [-0.1, -0.05) is 33.1 Å². The molecule has 0 amide bonds. The first-order valence-corrected chi connectivity index (χ1v) is 6.37. The fourth-order valence-electron chi connectivity index (χ4n) is 1.66. The van der Waals surface area contributed by atoms with Crippen molar-refractivity contribution in [1.29, 1.82) is 0 Å². The van der Waals surface area contributed by atoms with Crippen molar-refractivity contribution in [1.82, 2.24) is 0 Å². The third kappa shape index (κ3) is 5.66. The Balaban J connectivity index is 4.39. The summed E-state index contributed by atoms with van der Waals surface area (Å²) in [5, 5.41) is 27.3. The van der Waals surface area contributed by atoms with Crippen LogP contribution in [0.2, 0.25) is 0 Å². The van der Waals surface area contributed by atoms with Gasteiger partial charge in [-0.05, 0) is 6.42 Å². The fourth-order valence-corrected chi connectivity index (χ4v) is 1.66. The van der Waals surface area contributed by atoms with Gasteiger partial charge in [-0.15, -0.1) is 0 Å². The van der Waals surface area contributed by atoms with Gasteiger partial charge >= 0.3 is 6.16 Å². The monoisotopic (exact) mass is 264 g/mol. The highest BCUT2D eigenvalue weighted by Gasteiger charge is 2.41.